The van der Waals surface area contributed by atoms with E-state index in [4.69, 9.17) is 4.74 Å². The fraction of sp³-hybridized carbons (Fsp3) is 0.706. The van der Waals surface area contributed by atoms with E-state index in [1.54, 1.807) is 0 Å². The lowest BCUT2D eigenvalue weighted by molar-refractivity contribution is -0.0708. The van der Waals surface area contributed by atoms with Gasteiger partial charge in [0, 0.05) is 25.7 Å². The molecule has 2 atom stereocenters. The summed E-state index contributed by atoms with van der Waals surface area (Å²) in [4.78, 5) is 6.98. The van der Waals surface area contributed by atoms with E-state index in [9.17, 15) is 0 Å². The van der Waals surface area contributed by atoms with Crippen molar-refractivity contribution in [1.82, 2.24) is 4.98 Å². The van der Waals surface area contributed by atoms with E-state index in [0.29, 0.717) is 6.04 Å². The van der Waals surface area contributed by atoms with Gasteiger partial charge < -0.3 is 15.0 Å². The summed E-state index contributed by atoms with van der Waals surface area (Å²) in [5, 5.41) is 3.63. The molecule has 116 valence electrons. The van der Waals surface area contributed by atoms with Gasteiger partial charge in [-0.25, -0.2) is 4.98 Å². The smallest absolute Gasteiger partial charge is 0.128 e. The maximum atomic E-state index is 5.91. The number of ether oxygens (including phenoxy) is 1. The standard InChI is InChI=1S/C17H27N3O/c1-3-17(2)12-14(8-11-21-17)19-15-6-7-16(18-13-15)20-9-4-5-10-20/h6-7,13-14,19H,3-5,8-12H2,1-2H3. The van der Waals surface area contributed by atoms with Crippen LogP contribution in [0.2, 0.25) is 0 Å². The number of rotatable bonds is 4. The van der Waals surface area contributed by atoms with Crippen molar-refractivity contribution in [3.8, 4) is 0 Å². The monoisotopic (exact) mass is 289 g/mol. The summed E-state index contributed by atoms with van der Waals surface area (Å²) in [6.45, 7) is 7.56. The largest absolute Gasteiger partial charge is 0.381 e. The number of hydrogen-bond acceptors (Lipinski definition) is 4. The Kier molecular flexibility index (Phi) is 4.34. The van der Waals surface area contributed by atoms with Crippen LogP contribution in [-0.4, -0.2) is 36.3 Å². The third kappa shape index (κ3) is 3.49. The van der Waals surface area contributed by atoms with Crippen molar-refractivity contribution < 1.29 is 4.74 Å². The van der Waals surface area contributed by atoms with Crippen molar-refractivity contribution in [2.75, 3.05) is 29.9 Å². The van der Waals surface area contributed by atoms with E-state index >= 15 is 0 Å². The van der Waals surface area contributed by atoms with Crippen LogP contribution in [0, 0.1) is 0 Å². The van der Waals surface area contributed by atoms with Gasteiger partial charge in [0.2, 0.25) is 0 Å². The number of hydrogen-bond donors (Lipinski definition) is 1. The Morgan fingerprint density at radius 1 is 1.38 bits per heavy atom. The van der Waals surface area contributed by atoms with Gasteiger partial charge in [-0.15, -0.1) is 0 Å². The van der Waals surface area contributed by atoms with Crippen molar-refractivity contribution in [2.24, 2.45) is 0 Å². The summed E-state index contributed by atoms with van der Waals surface area (Å²) in [6.07, 6.45) is 7.77. The molecule has 0 amide bonds. The minimum atomic E-state index is 0.0266. The average molecular weight is 289 g/mol. The predicted molar refractivity (Wildman–Crippen MR) is 87.0 cm³/mol. The third-order valence-corrected chi connectivity index (χ3v) is 4.89. The molecule has 3 heterocycles. The van der Waals surface area contributed by atoms with E-state index < -0.39 is 0 Å². The predicted octanol–water partition coefficient (Wildman–Crippen LogP) is 3.44. The number of anilines is 2. The fourth-order valence-electron chi connectivity index (χ4n) is 3.34. The zero-order valence-electron chi connectivity index (χ0n) is 13.3. The highest BCUT2D eigenvalue weighted by atomic mass is 16.5. The van der Waals surface area contributed by atoms with E-state index in [1.807, 2.05) is 6.20 Å². The number of nitrogens with zero attached hydrogens (tertiary/aromatic N) is 2. The van der Waals surface area contributed by atoms with Crippen molar-refractivity contribution in [1.29, 1.82) is 0 Å². The van der Waals surface area contributed by atoms with Gasteiger partial charge in [-0.1, -0.05) is 6.92 Å². The van der Waals surface area contributed by atoms with E-state index in [2.05, 4.69) is 41.2 Å². The molecule has 2 unspecified atom stereocenters. The molecule has 0 saturated carbocycles. The van der Waals surface area contributed by atoms with Crippen molar-refractivity contribution in [3.63, 3.8) is 0 Å². The molecule has 1 aromatic rings. The first-order valence-corrected chi connectivity index (χ1v) is 8.30. The Morgan fingerprint density at radius 3 is 2.86 bits per heavy atom. The molecule has 4 heteroatoms. The van der Waals surface area contributed by atoms with Gasteiger partial charge in [0.1, 0.15) is 5.82 Å². The van der Waals surface area contributed by atoms with Gasteiger partial charge in [0.25, 0.3) is 0 Å². The SMILES string of the molecule is CCC1(C)CC(Nc2ccc(N3CCCC3)nc2)CCO1. The molecule has 3 rings (SSSR count). The van der Waals surface area contributed by atoms with E-state index in [-0.39, 0.29) is 5.60 Å². The lowest BCUT2D eigenvalue weighted by Crippen LogP contribution is -2.41. The second kappa shape index (κ2) is 6.22. The molecule has 2 saturated heterocycles. The minimum absolute atomic E-state index is 0.0266. The Bertz CT molecular complexity index is 456. The van der Waals surface area contributed by atoms with Crippen LogP contribution in [0.25, 0.3) is 0 Å². The Hall–Kier alpha value is -1.29. The average Bonchev–Trinajstić information content (AvgIpc) is 3.02. The molecule has 2 aliphatic rings. The molecule has 0 spiro atoms. The molecule has 2 aliphatic heterocycles. The topological polar surface area (TPSA) is 37.4 Å². The maximum Gasteiger partial charge on any atom is 0.128 e. The normalized spacial score (nSPS) is 29.6. The van der Waals surface area contributed by atoms with Crippen LogP contribution in [0.5, 0.6) is 0 Å². The first-order chi connectivity index (χ1) is 10.2. The van der Waals surface area contributed by atoms with Crippen LogP contribution in [0.15, 0.2) is 18.3 Å². The van der Waals surface area contributed by atoms with Crippen molar-refractivity contribution in [3.05, 3.63) is 18.3 Å². The Morgan fingerprint density at radius 2 is 2.19 bits per heavy atom. The summed E-state index contributed by atoms with van der Waals surface area (Å²) in [7, 11) is 0. The zero-order valence-corrected chi connectivity index (χ0v) is 13.3. The molecule has 0 bridgehead atoms. The quantitative estimate of drug-likeness (QED) is 0.921. The van der Waals surface area contributed by atoms with Crippen LogP contribution in [0.1, 0.15) is 46.0 Å². The fourth-order valence-corrected chi connectivity index (χ4v) is 3.34. The van der Waals surface area contributed by atoms with Crippen LogP contribution < -0.4 is 10.2 Å². The second-order valence-corrected chi connectivity index (χ2v) is 6.59. The number of aromatic nitrogens is 1. The first-order valence-electron chi connectivity index (χ1n) is 8.30. The summed E-state index contributed by atoms with van der Waals surface area (Å²) in [5.41, 5.74) is 1.15. The lowest BCUT2D eigenvalue weighted by atomic mass is 9.90. The summed E-state index contributed by atoms with van der Waals surface area (Å²) in [6, 6.07) is 4.80. The van der Waals surface area contributed by atoms with Gasteiger partial charge >= 0.3 is 0 Å². The van der Waals surface area contributed by atoms with Crippen molar-refractivity contribution >= 4 is 11.5 Å². The van der Waals surface area contributed by atoms with Gasteiger partial charge in [0.05, 0.1) is 17.5 Å². The van der Waals surface area contributed by atoms with Gasteiger partial charge in [-0.2, -0.15) is 0 Å². The zero-order chi connectivity index (χ0) is 14.7. The highest BCUT2D eigenvalue weighted by Gasteiger charge is 2.31. The van der Waals surface area contributed by atoms with Crippen LogP contribution in [0.3, 0.4) is 0 Å². The number of nitrogens with one attached hydrogen (secondary N) is 1. The summed E-state index contributed by atoms with van der Waals surface area (Å²) < 4.78 is 5.91. The molecule has 1 N–H and O–H groups in total. The Balaban J connectivity index is 1.59. The summed E-state index contributed by atoms with van der Waals surface area (Å²) in [5.74, 6) is 1.11. The molecule has 2 fully saturated rings. The number of pyridine rings is 1. The molecule has 0 radical (unpaired) electrons. The molecule has 21 heavy (non-hydrogen) atoms. The van der Waals surface area contributed by atoms with E-state index in [0.717, 1.165) is 50.5 Å². The molecule has 4 nitrogen and oxygen atoms in total. The molecular weight excluding hydrogens is 262 g/mol. The van der Waals surface area contributed by atoms with Crippen LogP contribution >= 0.6 is 0 Å². The van der Waals surface area contributed by atoms with Gasteiger partial charge in [0.15, 0.2) is 0 Å². The Labute approximate surface area is 127 Å². The van der Waals surface area contributed by atoms with Crippen LogP contribution in [-0.2, 0) is 4.74 Å². The van der Waals surface area contributed by atoms with Gasteiger partial charge in [-0.05, 0) is 51.2 Å². The molecule has 0 aromatic carbocycles. The van der Waals surface area contributed by atoms with Gasteiger partial charge in [-0.3, -0.25) is 0 Å². The first kappa shape index (κ1) is 14.6. The minimum Gasteiger partial charge on any atom is -0.381 e. The lowest BCUT2D eigenvalue weighted by Gasteiger charge is -2.38. The highest BCUT2D eigenvalue weighted by Crippen LogP contribution is 2.29. The van der Waals surface area contributed by atoms with Crippen LogP contribution in [0.4, 0.5) is 11.5 Å². The van der Waals surface area contributed by atoms with Crippen molar-refractivity contribution in [2.45, 2.75) is 57.6 Å². The molecule has 1 aromatic heterocycles. The summed E-state index contributed by atoms with van der Waals surface area (Å²) >= 11 is 0. The molecular formula is C17H27N3O. The highest BCUT2D eigenvalue weighted by molar-refractivity contribution is 5.49. The third-order valence-electron chi connectivity index (χ3n) is 4.89. The van der Waals surface area contributed by atoms with E-state index in [1.165, 1.54) is 12.8 Å². The maximum absolute atomic E-state index is 5.91. The molecule has 0 aliphatic carbocycles. The second-order valence-electron chi connectivity index (χ2n) is 6.59.